The van der Waals surface area contributed by atoms with E-state index < -0.39 is 18.0 Å². The highest BCUT2D eigenvalue weighted by Gasteiger charge is 2.59. The molecule has 92 valence electrons. The molecule has 0 aromatic carbocycles. The summed E-state index contributed by atoms with van der Waals surface area (Å²) in [4.78, 5) is 11.1. The van der Waals surface area contributed by atoms with Gasteiger partial charge in [-0.2, -0.15) is 0 Å². The van der Waals surface area contributed by atoms with E-state index in [2.05, 4.69) is 20.8 Å². The van der Waals surface area contributed by atoms with Gasteiger partial charge in [0.15, 0.2) is 0 Å². The topological polar surface area (TPSA) is 57.5 Å². The lowest BCUT2D eigenvalue weighted by molar-refractivity contribution is -0.146. The maximum absolute atomic E-state index is 11.1. The van der Waals surface area contributed by atoms with Crippen LogP contribution in [0.1, 0.15) is 46.5 Å². The van der Waals surface area contributed by atoms with Gasteiger partial charge in [-0.25, -0.2) is 0 Å². The quantitative estimate of drug-likeness (QED) is 0.721. The average molecular weight is 226 g/mol. The second-order valence-corrected chi connectivity index (χ2v) is 6.53. The van der Waals surface area contributed by atoms with Crippen molar-refractivity contribution in [1.82, 2.24) is 0 Å². The van der Waals surface area contributed by atoms with Crippen LogP contribution in [0.2, 0.25) is 0 Å². The molecule has 0 radical (unpaired) electrons. The van der Waals surface area contributed by atoms with Gasteiger partial charge in [-0.05, 0) is 36.0 Å². The Morgan fingerprint density at radius 2 is 1.88 bits per heavy atom. The Balaban J connectivity index is 2.34. The molecule has 0 bridgehead atoms. The third-order valence-electron chi connectivity index (χ3n) is 5.14. The van der Waals surface area contributed by atoms with Gasteiger partial charge >= 0.3 is 5.97 Å². The van der Waals surface area contributed by atoms with Gasteiger partial charge in [-0.1, -0.05) is 27.2 Å². The van der Waals surface area contributed by atoms with Crippen molar-refractivity contribution in [2.75, 3.05) is 0 Å². The van der Waals surface area contributed by atoms with E-state index in [-0.39, 0.29) is 10.8 Å². The minimum absolute atomic E-state index is 0.165. The monoisotopic (exact) mass is 226 g/mol. The standard InChI is InChI=1S/C13H22O3/c1-12(2)5-4-6-13(3)9(12)7-8(10(13)14)11(15)16/h8-10,14H,4-7H2,1-3H3,(H,15,16). The number of carboxylic acids is 1. The Hall–Kier alpha value is -0.570. The summed E-state index contributed by atoms with van der Waals surface area (Å²) in [6, 6.07) is 0. The van der Waals surface area contributed by atoms with E-state index in [1.54, 1.807) is 0 Å². The molecule has 0 heterocycles. The van der Waals surface area contributed by atoms with Crippen LogP contribution in [0.15, 0.2) is 0 Å². The summed E-state index contributed by atoms with van der Waals surface area (Å²) in [7, 11) is 0. The van der Waals surface area contributed by atoms with Crippen LogP contribution >= 0.6 is 0 Å². The zero-order valence-electron chi connectivity index (χ0n) is 10.4. The van der Waals surface area contributed by atoms with Gasteiger partial charge in [0.2, 0.25) is 0 Å². The van der Waals surface area contributed by atoms with Crippen molar-refractivity contribution >= 4 is 5.97 Å². The SMILES string of the molecule is CC1(C)CCCC2(C)C(O)C(C(=O)O)CC12. The lowest BCUT2D eigenvalue weighted by Crippen LogP contribution is -2.44. The van der Waals surface area contributed by atoms with Crippen molar-refractivity contribution in [3.63, 3.8) is 0 Å². The van der Waals surface area contributed by atoms with Crippen LogP contribution in [-0.4, -0.2) is 22.3 Å². The first-order valence-electron chi connectivity index (χ1n) is 6.20. The van der Waals surface area contributed by atoms with Crippen molar-refractivity contribution in [1.29, 1.82) is 0 Å². The molecule has 2 aliphatic rings. The highest BCUT2D eigenvalue weighted by molar-refractivity contribution is 5.71. The second-order valence-electron chi connectivity index (χ2n) is 6.53. The van der Waals surface area contributed by atoms with Gasteiger partial charge in [0.25, 0.3) is 0 Å². The summed E-state index contributed by atoms with van der Waals surface area (Å²) in [5.41, 5.74) is -0.0248. The molecule has 2 rings (SSSR count). The predicted molar refractivity (Wildman–Crippen MR) is 61.0 cm³/mol. The van der Waals surface area contributed by atoms with Crippen LogP contribution in [0.4, 0.5) is 0 Å². The van der Waals surface area contributed by atoms with Crippen LogP contribution in [0.3, 0.4) is 0 Å². The van der Waals surface area contributed by atoms with Crippen LogP contribution in [0.5, 0.6) is 0 Å². The van der Waals surface area contributed by atoms with E-state index in [0.29, 0.717) is 12.3 Å². The van der Waals surface area contributed by atoms with E-state index in [1.165, 1.54) is 0 Å². The van der Waals surface area contributed by atoms with E-state index in [4.69, 9.17) is 5.11 Å². The third-order valence-corrected chi connectivity index (χ3v) is 5.14. The molecule has 2 fully saturated rings. The van der Waals surface area contributed by atoms with E-state index in [9.17, 15) is 9.90 Å². The summed E-state index contributed by atoms with van der Waals surface area (Å²) in [5.74, 6) is -1.06. The number of hydrogen-bond acceptors (Lipinski definition) is 2. The molecule has 2 N–H and O–H groups in total. The zero-order valence-corrected chi connectivity index (χ0v) is 10.4. The molecule has 16 heavy (non-hydrogen) atoms. The molecule has 0 amide bonds. The lowest BCUT2D eigenvalue weighted by Gasteiger charge is -2.48. The highest BCUT2D eigenvalue weighted by atomic mass is 16.4. The summed E-state index contributed by atoms with van der Waals surface area (Å²) in [6.45, 7) is 6.50. The fourth-order valence-corrected chi connectivity index (χ4v) is 4.19. The van der Waals surface area contributed by atoms with E-state index in [0.717, 1.165) is 19.3 Å². The Labute approximate surface area is 96.9 Å². The van der Waals surface area contributed by atoms with E-state index >= 15 is 0 Å². The third kappa shape index (κ3) is 1.48. The number of carboxylic acid groups (broad SMARTS) is 1. The lowest BCUT2D eigenvalue weighted by atomic mass is 9.57. The fourth-order valence-electron chi connectivity index (χ4n) is 4.19. The number of fused-ring (bicyclic) bond motifs is 1. The molecule has 4 unspecified atom stereocenters. The van der Waals surface area contributed by atoms with Crippen molar-refractivity contribution < 1.29 is 15.0 Å². The highest BCUT2D eigenvalue weighted by Crippen LogP contribution is 2.60. The first-order chi connectivity index (χ1) is 7.29. The molecular weight excluding hydrogens is 204 g/mol. The largest absolute Gasteiger partial charge is 0.481 e. The molecule has 0 saturated heterocycles. The Bertz CT molecular complexity index is 310. The number of aliphatic hydroxyl groups excluding tert-OH is 1. The fraction of sp³-hybridized carbons (Fsp3) is 0.923. The molecule has 3 heteroatoms. The summed E-state index contributed by atoms with van der Waals surface area (Å²) in [5, 5.41) is 19.4. The van der Waals surface area contributed by atoms with Gasteiger partial charge in [0, 0.05) is 0 Å². The number of aliphatic carboxylic acids is 1. The van der Waals surface area contributed by atoms with Gasteiger partial charge < -0.3 is 10.2 Å². The van der Waals surface area contributed by atoms with Crippen molar-refractivity contribution in [2.45, 2.75) is 52.6 Å². The molecule has 0 aromatic rings. The maximum atomic E-state index is 11.1. The summed E-state index contributed by atoms with van der Waals surface area (Å²) in [6.07, 6.45) is 3.18. The average Bonchev–Trinajstić information content (AvgIpc) is 2.40. The van der Waals surface area contributed by atoms with Gasteiger partial charge in [0.05, 0.1) is 12.0 Å². The Morgan fingerprint density at radius 3 is 2.38 bits per heavy atom. The van der Waals surface area contributed by atoms with Crippen LogP contribution in [0.25, 0.3) is 0 Å². The zero-order chi connectivity index (χ0) is 12.1. The van der Waals surface area contributed by atoms with Crippen molar-refractivity contribution in [3.8, 4) is 0 Å². The molecule has 0 spiro atoms. The molecular formula is C13H22O3. The first kappa shape index (κ1) is 11.9. The Morgan fingerprint density at radius 1 is 1.25 bits per heavy atom. The number of rotatable bonds is 1. The predicted octanol–water partition coefficient (Wildman–Crippen LogP) is 2.28. The van der Waals surface area contributed by atoms with Gasteiger partial charge in [-0.15, -0.1) is 0 Å². The molecule has 0 aliphatic heterocycles. The van der Waals surface area contributed by atoms with Crippen LogP contribution in [-0.2, 0) is 4.79 Å². The number of aliphatic hydroxyl groups is 1. The Kier molecular flexibility index (Phi) is 2.57. The summed E-state index contributed by atoms with van der Waals surface area (Å²) >= 11 is 0. The minimum Gasteiger partial charge on any atom is -0.481 e. The first-order valence-corrected chi connectivity index (χ1v) is 6.20. The normalized spacial score (nSPS) is 46.4. The van der Waals surface area contributed by atoms with Crippen LogP contribution in [0, 0.1) is 22.7 Å². The second kappa shape index (κ2) is 3.46. The van der Waals surface area contributed by atoms with Crippen LogP contribution < -0.4 is 0 Å². The molecule has 2 aliphatic carbocycles. The van der Waals surface area contributed by atoms with E-state index in [1.807, 2.05) is 0 Å². The van der Waals surface area contributed by atoms with Gasteiger partial charge in [-0.3, -0.25) is 4.79 Å². The van der Waals surface area contributed by atoms with Gasteiger partial charge in [0.1, 0.15) is 0 Å². The number of carbonyl (C=O) groups is 1. The summed E-state index contributed by atoms with van der Waals surface area (Å²) < 4.78 is 0. The van der Waals surface area contributed by atoms with Crippen molar-refractivity contribution in [3.05, 3.63) is 0 Å². The molecule has 2 saturated carbocycles. The number of hydrogen-bond donors (Lipinski definition) is 2. The smallest absolute Gasteiger partial charge is 0.309 e. The minimum atomic E-state index is -0.834. The molecule has 3 nitrogen and oxygen atoms in total. The van der Waals surface area contributed by atoms with Crippen molar-refractivity contribution in [2.24, 2.45) is 22.7 Å². The molecule has 4 atom stereocenters. The molecule has 0 aromatic heterocycles. The maximum Gasteiger partial charge on any atom is 0.309 e.